The summed E-state index contributed by atoms with van der Waals surface area (Å²) >= 11 is 0. The van der Waals surface area contributed by atoms with Crippen LogP contribution in [0, 0.1) is 21.4 Å². The average Bonchev–Trinajstić information content (AvgIpc) is 3.20. The number of nitrogens with zero attached hydrogens (tertiary/aromatic N) is 3. The minimum atomic E-state index is -0.644. The number of rotatable bonds is 5. The minimum Gasteiger partial charge on any atom is -0.355 e. The third-order valence-corrected chi connectivity index (χ3v) is 2.55. The maximum Gasteiger partial charge on any atom is 0.312 e. The normalized spacial score (nSPS) is 13.4. The van der Waals surface area contributed by atoms with Crippen molar-refractivity contribution in [2.24, 2.45) is 0 Å². The van der Waals surface area contributed by atoms with Gasteiger partial charge in [-0.3, -0.25) is 14.9 Å². The largest absolute Gasteiger partial charge is 0.355 e. The molecule has 8 nitrogen and oxygen atoms in total. The molecule has 0 unspecified atom stereocenters. The summed E-state index contributed by atoms with van der Waals surface area (Å²) in [6, 6.07) is 3.13. The maximum atomic E-state index is 11.4. The Hall–Kier alpha value is -2.69. The zero-order chi connectivity index (χ0) is 13.8. The van der Waals surface area contributed by atoms with Crippen molar-refractivity contribution in [3.05, 3.63) is 27.9 Å². The first-order valence-electron chi connectivity index (χ1n) is 5.68. The third kappa shape index (κ3) is 3.38. The molecule has 19 heavy (non-hydrogen) atoms. The fourth-order valence-electron chi connectivity index (χ4n) is 1.46. The highest BCUT2D eigenvalue weighted by atomic mass is 16.6. The first kappa shape index (κ1) is 12.8. The lowest BCUT2D eigenvalue weighted by Crippen LogP contribution is -2.31. The number of anilines is 1. The Kier molecular flexibility index (Phi) is 3.56. The lowest BCUT2D eigenvalue weighted by atomic mass is 10.3. The van der Waals surface area contributed by atoms with Crippen LogP contribution in [0.3, 0.4) is 0 Å². The van der Waals surface area contributed by atoms with Crippen LogP contribution in [0.15, 0.2) is 12.3 Å². The molecule has 0 spiro atoms. The van der Waals surface area contributed by atoms with Crippen molar-refractivity contribution in [3.8, 4) is 6.07 Å². The summed E-state index contributed by atoms with van der Waals surface area (Å²) in [6.45, 7) is -0.0871. The number of carbonyl (C=O) groups excluding carboxylic acids is 1. The smallest absolute Gasteiger partial charge is 0.312 e. The van der Waals surface area contributed by atoms with Crippen LogP contribution in [0.25, 0.3) is 0 Å². The predicted molar refractivity (Wildman–Crippen MR) is 65.3 cm³/mol. The highest BCUT2D eigenvalue weighted by Gasteiger charge is 2.23. The molecule has 1 saturated carbocycles. The molecule has 98 valence electrons. The number of nitrogens with one attached hydrogen (secondary N) is 2. The molecule has 1 aliphatic rings. The molecular weight excluding hydrogens is 250 g/mol. The first-order chi connectivity index (χ1) is 9.10. The van der Waals surface area contributed by atoms with Crippen molar-refractivity contribution >= 4 is 17.4 Å². The Labute approximate surface area is 108 Å². The van der Waals surface area contributed by atoms with Gasteiger partial charge in [0.15, 0.2) is 0 Å². The molecule has 0 bridgehead atoms. The van der Waals surface area contributed by atoms with E-state index in [4.69, 9.17) is 5.26 Å². The summed E-state index contributed by atoms with van der Waals surface area (Å²) in [4.78, 5) is 25.4. The van der Waals surface area contributed by atoms with Gasteiger partial charge in [0.2, 0.25) is 11.7 Å². The average molecular weight is 261 g/mol. The van der Waals surface area contributed by atoms with Crippen molar-refractivity contribution < 1.29 is 9.72 Å². The number of aromatic nitrogens is 1. The summed E-state index contributed by atoms with van der Waals surface area (Å²) in [5.74, 6) is -0.252. The van der Waals surface area contributed by atoms with Gasteiger partial charge in [0.1, 0.15) is 6.07 Å². The van der Waals surface area contributed by atoms with Gasteiger partial charge >= 0.3 is 5.69 Å². The quantitative estimate of drug-likeness (QED) is 0.589. The lowest BCUT2D eigenvalue weighted by molar-refractivity contribution is -0.384. The molecule has 2 rings (SSSR count). The molecule has 1 heterocycles. The van der Waals surface area contributed by atoms with Crippen molar-refractivity contribution in [1.82, 2.24) is 10.3 Å². The zero-order valence-electron chi connectivity index (χ0n) is 9.92. The predicted octanol–water partition coefficient (Wildman–Crippen LogP) is 0.552. The van der Waals surface area contributed by atoms with Crippen LogP contribution in [-0.2, 0) is 4.79 Å². The molecule has 1 aliphatic carbocycles. The Balaban J connectivity index is 2.04. The van der Waals surface area contributed by atoms with Gasteiger partial charge in [-0.25, -0.2) is 4.98 Å². The van der Waals surface area contributed by atoms with E-state index in [1.165, 1.54) is 6.20 Å². The van der Waals surface area contributed by atoms with E-state index in [-0.39, 0.29) is 35.6 Å². The summed E-state index contributed by atoms with van der Waals surface area (Å²) in [5, 5.41) is 24.8. The topological polar surface area (TPSA) is 121 Å². The second-order valence-electron chi connectivity index (χ2n) is 4.16. The summed E-state index contributed by atoms with van der Waals surface area (Å²) < 4.78 is 0. The molecule has 2 N–H and O–H groups in total. The van der Waals surface area contributed by atoms with E-state index in [1.807, 2.05) is 0 Å². The van der Waals surface area contributed by atoms with E-state index in [9.17, 15) is 14.9 Å². The van der Waals surface area contributed by atoms with Gasteiger partial charge in [0.25, 0.3) is 0 Å². The molecule has 0 aromatic carbocycles. The monoisotopic (exact) mass is 261 g/mol. The number of hydrogen-bond donors (Lipinski definition) is 2. The van der Waals surface area contributed by atoms with E-state index in [0.717, 1.165) is 18.9 Å². The fraction of sp³-hybridized carbons (Fsp3) is 0.364. The highest BCUT2D eigenvalue weighted by Crippen LogP contribution is 2.22. The Morgan fingerprint density at radius 3 is 2.95 bits per heavy atom. The van der Waals surface area contributed by atoms with Gasteiger partial charge in [-0.2, -0.15) is 5.26 Å². The molecule has 1 aromatic heterocycles. The number of carbonyl (C=O) groups is 1. The first-order valence-corrected chi connectivity index (χ1v) is 5.68. The fourth-order valence-corrected chi connectivity index (χ4v) is 1.46. The third-order valence-electron chi connectivity index (χ3n) is 2.55. The SMILES string of the molecule is N#Cc1cnc(NCC(=O)NC2CC2)c([N+](=O)[O-])c1. The van der Waals surface area contributed by atoms with Crippen molar-refractivity contribution in [2.75, 3.05) is 11.9 Å². The van der Waals surface area contributed by atoms with Crippen molar-refractivity contribution in [1.29, 1.82) is 5.26 Å². The number of pyridine rings is 1. The van der Waals surface area contributed by atoms with Crippen LogP contribution >= 0.6 is 0 Å². The number of amides is 1. The molecule has 1 fully saturated rings. The summed E-state index contributed by atoms with van der Waals surface area (Å²) in [7, 11) is 0. The van der Waals surface area contributed by atoms with E-state index in [1.54, 1.807) is 6.07 Å². The standard InChI is InChI=1S/C11H11N5O3/c12-4-7-3-9(16(18)19)11(13-5-7)14-6-10(17)15-8-1-2-8/h3,5,8H,1-2,6H2,(H,13,14)(H,15,17). The molecular formula is C11H11N5O3. The molecule has 1 aromatic rings. The van der Waals surface area contributed by atoms with Gasteiger partial charge in [-0.1, -0.05) is 0 Å². The Bertz CT molecular complexity index is 562. The van der Waals surface area contributed by atoms with Crippen LogP contribution in [0.2, 0.25) is 0 Å². The van der Waals surface area contributed by atoms with Gasteiger partial charge in [-0.15, -0.1) is 0 Å². The van der Waals surface area contributed by atoms with Crippen LogP contribution in [0.4, 0.5) is 11.5 Å². The lowest BCUT2D eigenvalue weighted by Gasteiger charge is -2.06. The Morgan fingerprint density at radius 1 is 1.63 bits per heavy atom. The van der Waals surface area contributed by atoms with E-state index >= 15 is 0 Å². The molecule has 0 aliphatic heterocycles. The molecule has 0 saturated heterocycles. The van der Waals surface area contributed by atoms with E-state index in [0.29, 0.717) is 0 Å². The molecule has 1 amide bonds. The van der Waals surface area contributed by atoms with Crippen LogP contribution < -0.4 is 10.6 Å². The number of nitro groups is 1. The molecule has 0 radical (unpaired) electrons. The number of nitriles is 1. The highest BCUT2D eigenvalue weighted by molar-refractivity contribution is 5.81. The molecule has 0 atom stereocenters. The van der Waals surface area contributed by atoms with Crippen LogP contribution in [0.1, 0.15) is 18.4 Å². The second-order valence-corrected chi connectivity index (χ2v) is 4.16. The second kappa shape index (κ2) is 5.30. The summed E-state index contributed by atoms with van der Waals surface area (Å²) in [6.07, 6.45) is 3.16. The molecule has 8 heteroatoms. The van der Waals surface area contributed by atoms with Gasteiger partial charge in [0, 0.05) is 18.3 Å². The maximum absolute atomic E-state index is 11.4. The van der Waals surface area contributed by atoms with Gasteiger partial charge in [0.05, 0.1) is 17.0 Å². The zero-order valence-corrected chi connectivity index (χ0v) is 9.92. The minimum absolute atomic E-state index is 0.0186. The van der Waals surface area contributed by atoms with Crippen LogP contribution in [0.5, 0.6) is 0 Å². The van der Waals surface area contributed by atoms with E-state index < -0.39 is 4.92 Å². The Morgan fingerprint density at radius 2 is 2.37 bits per heavy atom. The van der Waals surface area contributed by atoms with Gasteiger partial charge < -0.3 is 10.6 Å². The van der Waals surface area contributed by atoms with Crippen LogP contribution in [-0.4, -0.2) is 28.4 Å². The van der Waals surface area contributed by atoms with Crippen molar-refractivity contribution in [3.63, 3.8) is 0 Å². The van der Waals surface area contributed by atoms with Crippen molar-refractivity contribution in [2.45, 2.75) is 18.9 Å². The van der Waals surface area contributed by atoms with Gasteiger partial charge in [-0.05, 0) is 12.8 Å². The number of hydrogen-bond acceptors (Lipinski definition) is 6. The summed E-state index contributed by atoms with van der Waals surface area (Å²) in [5.41, 5.74) is -0.224. The van der Waals surface area contributed by atoms with E-state index in [2.05, 4.69) is 15.6 Å².